The van der Waals surface area contributed by atoms with Gasteiger partial charge in [0.2, 0.25) is 0 Å². The van der Waals surface area contributed by atoms with E-state index in [1.807, 2.05) is 5.32 Å². The molecule has 37 heavy (non-hydrogen) atoms. The Morgan fingerprint density at radius 3 is 1.68 bits per heavy atom. The fourth-order valence-corrected chi connectivity index (χ4v) is 3.58. The summed E-state index contributed by atoms with van der Waals surface area (Å²) in [4.78, 5) is 12.4. The van der Waals surface area contributed by atoms with Gasteiger partial charge in [0.1, 0.15) is 17.6 Å². The van der Waals surface area contributed by atoms with Crippen molar-refractivity contribution in [2.24, 2.45) is 0 Å². The summed E-state index contributed by atoms with van der Waals surface area (Å²) in [6.45, 7) is 0. The Labute approximate surface area is 210 Å². The van der Waals surface area contributed by atoms with Crippen molar-refractivity contribution in [2.75, 3.05) is 10.6 Å². The molecule has 2 N–H and O–H groups in total. The topological polar surface area (TPSA) is 82.7 Å². The number of rotatable bonds is 3. The lowest BCUT2D eigenvalue weighted by molar-refractivity contribution is -0.143. The molecule has 0 spiro atoms. The third-order valence-corrected chi connectivity index (χ3v) is 5.04. The molecule has 0 aliphatic carbocycles. The number of carbonyl (C=O) groups excluding carboxylic acids is 1. The Balaban J connectivity index is 1.99. The van der Waals surface area contributed by atoms with Crippen LogP contribution in [0.3, 0.4) is 0 Å². The van der Waals surface area contributed by atoms with E-state index < -0.39 is 74.2 Å². The molecule has 0 aliphatic rings. The van der Waals surface area contributed by atoms with Gasteiger partial charge in [-0.05, 0) is 30.3 Å². The molecule has 6 nitrogen and oxygen atoms in total. The number of hydrogen-bond acceptors (Lipinski definition) is 3. The summed E-state index contributed by atoms with van der Waals surface area (Å²) in [6, 6.07) is 2.41. The van der Waals surface area contributed by atoms with Crippen LogP contribution in [0.1, 0.15) is 22.4 Å². The third-order valence-electron chi connectivity index (χ3n) is 4.47. The smallest absolute Gasteiger partial charge is 0.308 e. The second-order valence-corrected chi connectivity index (χ2v) is 7.91. The van der Waals surface area contributed by atoms with E-state index in [9.17, 15) is 44.3 Å². The van der Waals surface area contributed by atoms with Gasteiger partial charge in [-0.3, -0.25) is 5.32 Å². The summed E-state index contributed by atoms with van der Waals surface area (Å²) < 4.78 is 118. The number of amides is 2. The van der Waals surface area contributed by atoms with Crippen LogP contribution in [-0.2, 0) is 18.5 Å². The molecule has 2 amide bonds. The second-order valence-electron chi connectivity index (χ2n) is 7.10. The Morgan fingerprint density at radius 2 is 1.24 bits per heavy atom. The molecular formula is C20H8Cl2F9N5O. The summed E-state index contributed by atoms with van der Waals surface area (Å²) in [6.07, 6.45) is -15.2. The van der Waals surface area contributed by atoms with Crippen LogP contribution in [0.15, 0.2) is 36.4 Å². The van der Waals surface area contributed by atoms with E-state index in [0.717, 1.165) is 6.07 Å². The van der Waals surface area contributed by atoms with Crippen LogP contribution in [0, 0.1) is 11.3 Å². The van der Waals surface area contributed by atoms with Gasteiger partial charge < -0.3 is 5.32 Å². The predicted octanol–water partition coefficient (Wildman–Crippen LogP) is 7.75. The van der Waals surface area contributed by atoms with Gasteiger partial charge in [-0.2, -0.15) is 49.9 Å². The lowest BCUT2D eigenvalue weighted by Crippen LogP contribution is -2.22. The quantitative estimate of drug-likeness (QED) is 0.313. The molecule has 1 heterocycles. The molecule has 196 valence electrons. The fraction of sp³-hybridized carbons (Fsp3) is 0.150. The molecule has 0 saturated carbocycles. The minimum Gasteiger partial charge on any atom is -0.308 e. The molecule has 0 atom stereocenters. The summed E-state index contributed by atoms with van der Waals surface area (Å²) in [5.74, 6) is -0.458. The van der Waals surface area contributed by atoms with Crippen LogP contribution in [0.2, 0.25) is 10.0 Å². The van der Waals surface area contributed by atoms with Crippen LogP contribution in [0.5, 0.6) is 0 Å². The number of aromatic nitrogens is 2. The first-order valence-corrected chi connectivity index (χ1v) is 10.1. The SMILES string of the molecule is N#Cc1cc(NC(=O)Nc2cc(C(F)(F)F)cc(C(F)(F)F)c2)n(-c2c(Cl)cc(C(F)(F)F)cc2Cl)n1. The van der Waals surface area contributed by atoms with E-state index in [2.05, 4.69) is 5.10 Å². The predicted molar refractivity (Wildman–Crippen MR) is 112 cm³/mol. The fourth-order valence-electron chi connectivity index (χ4n) is 2.93. The van der Waals surface area contributed by atoms with Crippen LogP contribution >= 0.6 is 23.2 Å². The minimum atomic E-state index is -5.18. The number of nitrogens with zero attached hydrogens (tertiary/aromatic N) is 3. The molecule has 1 aromatic heterocycles. The van der Waals surface area contributed by atoms with Gasteiger partial charge in [-0.25, -0.2) is 9.48 Å². The van der Waals surface area contributed by atoms with E-state index >= 15 is 0 Å². The van der Waals surface area contributed by atoms with E-state index in [0.29, 0.717) is 16.8 Å². The average molecular weight is 576 g/mol. The number of anilines is 2. The maximum Gasteiger partial charge on any atom is 0.416 e. The van der Waals surface area contributed by atoms with Crippen molar-refractivity contribution in [3.63, 3.8) is 0 Å². The first kappa shape index (κ1) is 27.9. The zero-order valence-corrected chi connectivity index (χ0v) is 18.9. The van der Waals surface area contributed by atoms with Crippen LogP contribution in [0.25, 0.3) is 5.69 Å². The minimum absolute atomic E-state index is 0.147. The van der Waals surface area contributed by atoms with Crippen molar-refractivity contribution >= 4 is 40.7 Å². The van der Waals surface area contributed by atoms with E-state index in [4.69, 9.17) is 28.5 Å². The Bertz CT molecular complexity index is 1350. The van der Waals surface area contributed by atoms with E-state index in [-0.39, 0.29) is 18.2 Å². The number of alkyl halides is 9. The van der Waals surface area contributed by atoms with Gasteiger partial charge in [-0.1, -0.05) is 23.2 Å². The lowest BCUT2D eigenvalue weighted by Gasteiger charge is -2.16. The molecule has 17 heteroatoms. The molecular weight excluding hydrogens is 568 g/mol. The first-order chi connectivity index (χ1) is 16.9. The molecule has 2 aromatic carbocycles. The van der Waals surface area contributed by atoms with Crippen molar-refractivity contribution in [1.29, 1.82) is 5.26 Å². The molecule has 0 bridgehead atoms. The van der Waals surface area contributed by atoms with Crippen molar-refractivity contribution in [1.82, 2.24) is 9.78 Å². The van der Waals surface area contributed by atoms with Gasteiger partial charge in [0.05, 0.1) is 26.7 Å². The average Bonchev–Trinajstić information content (AvgIpc) is 3.13. The van der Waals surface area contributed by atoms with Crippen LogP contribution in [-0.4, -0.2) is 15.8 Å². The zero-order chi connectivity index (χ0) is 27.9. The lowest BCUT2D eigenvalue weighted by atomic mass is 10.1. The summed E-state index contributed by atoms with van der Waals surface area (Å²) >= 11 is 11.8. The van der Waals surface area contributed by atoms with Gasteiger partial charge in [-0.15, -0.1) is 0 Å². The molecule has 0 unspecified atom stereocenters. The highest BCUT2D eigenvalue weighted by Crippen LogP contribution is 2.39. The largest absolute Gasteiger partial charge is 0.416 e. The van der Waals surface area contributed by atoms with Gasteiger partial charge in [0.25, 0.3) is 0 Å². The van der Waals surface area contributed by atoms with E-state index in [1.165, 1.54) is 0 Å². The summed E-state index contributed by atoms with van der Waals surface area (Å²) in [5, 5.41) is 15.4. The maximum absolute atomic E-state index is 13.0. The van der Waals surface area contributed by atoms with Crippen molar-refractivity contribution in [2.45, 2.75) is 18.5 Å². The zero-order valence-electron chi connectivity index (χ0n) is 17.4. The van der Waals surface area contributed by atoms with Gasteiger partial charge in [0, 0.05) is 11.8 Å². The number of carbonyl (C=O) groups is 1. The highest BCUT2D eigenvalue weighted by Gasteiger charge is 2.37. The van der Waals surface area contributed by atoms with Gasteiger partial charge in [0.15, 0.2) is 5.69 Å². The standard InChI is InChI=1S/C20H8Cl2F9N5O/c21-13-4-10(20(29,30)31)5-14(22)16(13)36-15(6-12(7-32)35-36)34-17(37)33-11-2-8(18(23,24)25)1-9(3-11)19(26,27)28/h1-6H,(H2,33,34,37). The molecule has 0 aliphatic heterocycles. The maximum atomic E-state index is 13.0. The Hall–Kier alpha value is -3.64. The number of halogens is 11. The number of nitriles is 1. The van der Waals surface area contributed by atoms with E-state index in [1.54, 1.807) is 11.4 Å². The number of benzene rings is 2. The molecule has 3 rings (SSSR count). The third kappa shape index (κ3) is 6.38. The van der Waals surface area contributed by atoms with Crippen molar-refractivity contribution < 1.29 is 44.3 Å². The molecule has 0 radical (unpaired) electrons. The normalized spacial score (nSPS) is 12.3. The number of hydrogen-bond donors (Lipinski definition) is 2. The highest BCUT2D eigenvalue weighted by molar-refractivity contribution is 6.38. The highest BCUT2D eigenvalue weighted by atomic mass is 35.5. The van der Waals surface area contributed by atoms with Crippen molar-refractivity contribution in [3.8, 4) is 11.8 Å². The first-order valence-electron chi connectivity index (χ1n) is 9.34. The summed E-state index contributed by atoms with van der Waals surface area (Å²) in [7, 11) is 0. The summed E-state index contributed by atoms with van der Waals surface area (Å²) in [5.41, 5.74) is -6.32. The number of urea groups is 1. The Morgan fingerprint density at radius 1 is 0.784 bits per heavy atom. The second kappa shape index (κ2) is 9.67. The van der Waals surface area contributed by atoms with Crippen LogP contribution < -0.4 is 10.6 Å². The Kier molecular flexibility index (Phi) is 7.30. The van der Waals surface area contributed by atoms with Crippen molar-refractivity contribution in [3.05, 3.63) is 68.8 Å². The van der Waals surface area contributed by atoms with Gasteiger partial charge >= 0.3 is 24.6 Å². The number of nitrogens with one attached hydrogen (secondary N) is 2. The molecule has 3 aromatic rings. The molecule has 0 fully saturated rings. The molecule has 0 saturated heterocycles. The van der Waals surface area contributed by atoms with Crippen LogP contribution in [0.4, 0.5) is 55.8 Å². The monoisotopic (exact) mass is 575 g/mol.